The van der Waals surface area contributed by atoms with Crippen molar-refractivity contribution in [2.45, 2.75) is 38.3 Å². The van der Waals surface area contributed by atoms with Gasteiger partial charge in [0, 0.05) is 45.6 Å². The van der Waals surface area contributed by atoms with Crippen LogP contribution >= 0.6 is 0 Å². The average Bonchev–Trinajstić information content (AvgIpc) is 3.26. The molecule has 146 valence electrons. The third-order valence-electron chi connectivity index (χ3n) is 5.72. The molecule has 0 radical (unpaired) electrons. The molecular weight excluding hydrogens is 348 g/mol. The fourth-order valence-corrected chi connectivity index (χ4v) is 3.89. The molecule has 2 aromatic rings. The molecule has 9 nitrogen and oxygen atoms in total. The zero-order valence-corrected chi connectivity index (χ0v) is 15.9. The van der Waals surface area contributed by atoms with Crippen LogP contribution < -0.4 is 0 Å². The van der Waals surface area contributed by atoms with Gasteiger partial charge in [-0.1, -0.05) is 10.3 Å². The van der Waals surface area contributed by atoms with Gasteiger partial charge in [-0.05, 0) is 19.8 Å². The van der Waals surface area contributed by atoms with Gasteiger partial charge in [0.25, 0.3) is 0 Å². The van der Waals surface area contributed by atoms with Gasteiger partial charge >= 0.3 is 0 Å². The number of likely N-dealkylation sites (tertiary alicyclic amines) is 1. The van der Waals surface area contributed by atoms with Crippen molar-refractivity contribution in [3.8, 4) is 0 Å². The Hall–Kier alpha value is -2.26. The molecular formula is C18H26N6O3. The third kappa shape index (κ3) is 3.89. The number of ether oxygens (including phenoxy) is 1. The van der Waals surface area contributed by atoms with Crippen LogP contribution in [0.3, 0.4) is 0 Å². The van der Waals surface area contributed by atoms with E-state index in [1.807, 2.05) is 24.3 Å². The van der Waals surface area contributed by atoms with Gasteiger partial charge in [-0.25, -0.2) is 9.61 Å². The minimum absolute atomic E-state index is 0.0620. The summed E-state index contributed by atoms with van der Waals surface area (Å²) in [5.74, 6) is 1.14. The first-order valence-electron chi connectivity index (χ1n) is 9.43. The topological polar surface area (TPSA) is 89.5 Å². The van der Waals surface area contributed by atoms with Crippen LogP contribution in [0.25, 0.3) is 0 Å². The van der Waals surface area contributed by atoms with Gasteiger partial charge in [-0.15, -0.1) is 0 Å². The van der Waals surface area contributed by atoms with Crippen molar-refractivity contribution in [1.82, 2.24) is 29.7 Å². The van der Waals surface area contributed by atoms with E-state index < -0.39 is 0 Å². The zero-order chi connectivity index (χ0) is 18.9. The van der Waals surface area contributed by atoms with E-state index in [0.717, 1.165) is 38.3 Å². The van der Waals surface area contributed by atoms with E-state index in [1.165, 1.54) is 0 Å². The Kier molecular flexibility index (Phi) is 4.96. The average molecular weight is 374 g/mol. The number of carbonyl (C=O) groups is 1. The van der Waals surface area contributed by atoms with Crippen LogP contribution in [-0.2, 0) is 29.5 Å². The number of hydrogen-bond donors (Lipinski definition) is 0. The van der Waals surface area contributed by atoms with E-state index in [-0.39, 0.29) is 17.9 Å². The second-order valence-corrected chi connectivity index (χ2v) is 7.55. The van der Waals surface area contributed by atoms with Gasteiger partial charge in [-0.3, -0.25) is 9.69 Å². The Labute approximate surface area is 158 Å². The van der Waals surface area contributed by atoms with Gasteiger partial charge in [0.05, 0.1) is 25.2 Å². The molecule has 2 aliphatic heterocycles. The molecule has 0 saturated carbocycles. The molecule has 2 aromatic heterocycles. The lowest BCUT2D eigenvalue weighted by atomic mass is 9.89. The first kappa shape index (κ1) is 18.1. The quantitative estimate of drug-likeness (QED) is 0.772. The molecule has 9 heteroatoms. The summed E-state index contributed by atoms with van der Waals surface area (Å²) in [7, 11) is 2.02. The van der Waals surface area contributed by atoms with Crippen LogP contribution in [0, 0.1) is 6.92 Å². The van der Waals surface area contributed by atoms with Crippen molar-refractivity contribution < 1.29 is 14.2 Å². The monoisotopic (exact) mass is 374 g/mol. The molecule has 0 aromatic carbocycles. The number of piperidine rings is 1. The molecule has 0 aliphatic carbocycles. The van der Waals surface area contributed by atoms with E-state index in [2.05, 4.69) is 24.8 Å². The highest BCUT2D eigenvalue weighted by Gasteiger charge is 2.41. The van der Waals surface area contributed by atoms with Crippen molar-refractivity contribution in [1.29, 1.82) is 0 Å². The van der Waals surface area contributed by atoms with Gasteiger partial charge in [0.2, 0.25) is 5.91 Å². The first-order chi connectivity index (χ1) is 13.0. The van der Waals surface area contributed by atoms with E-state index >= 15 is 0 Å². The molecule has 27 heavy (non-hydrogen) atoms. The number of nitrogens with zero attached hydrogens (tertiary/aromatic N) is 6. The summed E-state index contributed by atoms with van der Waals surface area (Å²) in [5.41, 5.74) is 1.06. The number of morpholine rings is 1. The largest absolute Gasteiger partial charge is 0.371 e. The summed E-state index contributed by atoms with van der Waals surface area (Å²) < 4.78 is 12.9. The van der Waals surface area contributed by atoms with Gasteiger partial charge in [0.15, 0.2) is 0 Å². The molecule has 4 heterocycles. The highest BCUT2D eigenvalue weighted by atomic mass is 16.6. The summed E-state index contributed by atoms with van der Waals surface area (Å²) in [4.78, 5) is 21.4. The van der Waals surface area contributed by atoms with Crippen LogP contribution in [0.15, 0.2) is 17.0 Å². The van der Waals surface area contributed by atoms with Crippen LogP contribution in [0.5, 0.6) is 0 Å². The van der Waals surface area contributed by atoms with Crippen molar-refractivity contribution in [2.75, 3.05) is 32.8 Å². The Bertz CT molecular complexity index is 793. The molecule has 2 fully saturated rings. The maximum absolute atomic E-state index is 12.7. The summed E-state index contributed by atoms with van der Waals surface area (Å²) in [5, 5.41) is 7.58. The lowest BCUT2D eigenvalue weighted by Gasteiger charge is -2.47. The minimum Gasteiger partial charge on any atom is -0.371 e. The van der Waals surface area contributed by atoms with E-state index in [4.69, 9.17) is 9.37 Å². The molecule has 2 aliphatic rings. The summed E-state index contributed by atoms with van der Waals surface area (Å²) in [6.45, 7) is 6.40. The van der Waals surface area contributed by atoms with Crippen molar-refractivity contribution in [3.63, 3.8) is 0 Å². The smallest absolute Gasteiger partial charge is 0.228 e. The van der Waals surface area contributed by atoms with Crippen molar-refractivity contribution in [3.05, 3.63) is 29.6 Å². The molecule has 1 spiro atoms. The molecule has 0 atom stereocenters. The fourth-order valence-electron chi connectivity index (χ4n) is 3.89. The van der Waals surface area contributed by atoms with Gasteiger partial charge in [-0.2, -0.15) is 0 Å². The molecule has 1 amide bonds. The molecule has 0 bridgehead atoms. The van der Waals surface area contributed by atoms with Crippen molar-refractivity contribution >= 4 is 5.91 Å². The third-order valence-corrected chi connectivity index (χ3v) is 5.72. The predicted molar refractivity (Wildman–Crippen MR) is 95.7 cm³/mol. The van der Waals surface area contributed by atoms with Crippen molar-refractivity contribution in [2.24, 2.45) is 7.05 Å². The van der Waals surface area contributed by atoms with Crippen LogP contribution in [-0.4, -0.2) is 74.0 Å². The summed E-state index contributed by atoms with van der Waals surface area (Å²) >= 11 is 0. The van der Waals surface area contributed by atoms with Gasteiger partial charge < -0.3 is 14.2 Å². The molecule has 0 N–H and O–H groups in total. The number of carbonyl (C=O) groups excluding carboxylic acids is 1. The lowest BCUT2D eigenvalue weighted by Crippen LogP contribution is -2.58. The summed E-state index contributed by atoms with van der Waals surface area (Å²) in [6.07, 6.45) is 5.88. The first-order valence-corrected chi connectivity index (χ1v) is 9.43. The SMILES string of the molecule is Cc1nonc1CC(=O)N1CCOC2(CCN(Cc3nccn3C)CC2)C1. The number of aryl methyl sites for hydroxylation is 2. The Morgan fingerprint density at radius 3 is 2.74 bits per heavy atom. The molecule has 2 saturated heterocycles. The maximum Gasteiger partial charge on any atom is 0.228 e. The van der Waals surface area contributed by atoms with Crippen LogP contribution in [0.4, 0.5) is 0 Å². The highest BCUT2D eigenvalue weighted by Crippen LogP contribution is 2.31. The van der Waals surface area contributed by atoms with Crippen LogP contribution in [0.1, 0.15) is 30.1 Å². The predicted octanol–water partition coefficient (Wildman–Crippen LogP) is 0.548. The standard InChI is InChI=1S/C18H26N6O3/c1-14-15(21-27-20-14)11-17(25)24-9-10-26-18(13-24)3-6-23(7-4-18)12-16-19-5-8-22(16)2/h5,8H,3-4,6-7,9-13H2,1-2H3. The molecule has 4 rings (SSSR count). The number of amides is 1. The summed E-state index contributed by atoms with van der Waals surface area (Å²) in [6, 6.07) is 0. The second-order valence-electron chi connectivity index (χ2n) is 7.55. The van der Waals surface area contributed by atoms with Crippen LogP contribution in [0.2, 0.25) is 0 Å². The highest BCUT2D eigenvalue weighted by molar-refractivity contribution is 5.78. The normalized spacial score (nSPS) is 20.3. The number of hydrogen-bond acceptors (Lipinski definition) is 7. The Morgan fingerprint density at radius 2 is 2.07 bits per heavy atom. The zero-order valence-electron chi connectivity index (χ0n) is 15.9. The van der Waals surface area contributed by atoms with Gasteiger partial charge in [0.1, 0.15) is 17.2 Å². The number of aromatic nitrogens is 4. The number of imidazole rings is 1. The Balaban J connectivity index is 1.33. The molecule has 0 unspecified atom stereocenters. The fraction of sp³-hybridized carbons (Fsp3) is 0.667. The number of rotatable bonds is 4. The lowest BCUT2D eigenvalue weighted by molar-refractivity contribution is -0.159. The second kappa shape index (κ2) is 7.40. The Morgan fingerprint density at radius 1 is 1.26 bits per heavy atom. The minimum atomic E-state index is -0.233. The van der Waals surface area contributed by atoms with E-state index in [0.29, 0.717) is 31.1 Å². The van der Waals surface area contributed by atoms with E-state index in [1.54, 1.807) is 6.92 Å². The maximum atomic E-state index is 12.7. The van der Waals surface area contributed by atoms with E-state index in [9.17, 15) is 4.79 Å².